The Morgan fingerprint density at radius 3 is 2.39 bits per heavy atom. The number of nitrogens with zero attached hydrogens (tertiary/aromatic N) is 1. The lowest BCUT2D eigenvalue weighted by Gasteiger charge is -2.39. The molecular formula is C14H26N2O2. The van der Waals surface area contributed by atoms with Crippen LogP contribution in [0.3, 0.4) is 0 Å². The second kappa shape index (κ2) is 6.64. The molecule has 2 aliphatic heterocycles. The molecule has 0 aliphatic carbocycles. The van der Waals surface area contributed by atoms with Crippen LogP contribution in [0, 0.1) is 5.92 Å². The van der Waals surface area contributed by atoms with Crippen molar-refractivity contribution in [2.24, 2.45) is 5.92 Å². The highest BCUT2D eigenvalue weighted by molar-refractivity contribution is 5.81. The van der Waals surface area contributed by atoms with Gasteiger partial charge < -0.3 is 15.0 Å². The van der Waals surface area contributed by atoms with E-state index < -0.39 is 0 Å². The smallest absolute Gasteiger partial charge is 0.137 e. The van der Waals surface area contributed by atoms with Crippen LogP contribution in [0.2, 0.25) is 0 Å². The third-order valence-electron chi connectivity index (χ3n) is 4.27. The molecule has 2 bridgehead atoms. The number of carbonyl (C=O) groups excluding carboxylic acids is 1. The molecule has 2 unspecified atom stereocenters. The number of piperidine rings is 1. The number of rotatable bonds is 6. The summed E-state index contributed by atoms with van der Waals surface area (Å²) in [7, 11) is 0. The lowest BCUT2D eigenvalue weighted by molar-refractivity contribution is -0.126. The maximum absolute atomic E-state index is 12.3. The van der Waals surface area contributed by atoms with Crippen molar-refractivity contribution in [3.63, 3.8) is 0 Å². The van der Waals surface area contributed by atoms with Gasteiger partial charge in [0, 0.05) is 31.0 Å². The number of hydrogen-bond donors (Lipinski definition) is 1. The number of ketones is 1. The van der Waals surface area contributed by atoms with Crippen LogP contribution in [-0.2, 0) is 9.53 Å². The lowest BCUT2D eigenvalue weighted by Crippen LogP contribution is -2.55. The van der Waals surface area contributed by atoms with Crippen LogP contribution in [0.15, 0.2) is 0 Å². The molecule has 0 radical (unpaired) electrons. The summed E-state index contributed by atoms with van der Waals surface area (Å²) in [5.74, 6) is 0.723. The fraction of sp³-hybridized carbons (Fsp3) is 0.929. The summed E-state index contributed by atoms with van der Waals surface area (Å²) in [6.07, 6.45) is 2.65. The number of hydrogen-bond acceptors (Lipinski definition) is 4. The number of fused-ring (bicyclic) bond motifs is 2. The minimum atomic E-state index is 0.265. The van der Waals surface area contributed by atoms with Crippen molar-refractivity contribution in [2.45, 2.75) is 45.2 Å². The molecule has 2 aliphatic rings. The topological polar surface area (TPSA) is 41.6 Å². The molecule has 0 aromatic carbocycles. The van der Waals surface area contributed by atoms with Gasteiger partial charge in [0.25, 0.3) is 0 Å². The van der Waals surface area contributed by atoms with Crippen LogP contribution in [0.4, 0.5) is 0 Å². The standard InChI is InChI=1S/C14H26N2O2/c1-3-16(4-2)6-5-14(17)11-7-12-9-18-10-13(8-11)15-12/h11-13,15H,3-10H2,1-2H3. The Morgan fingerprint density at radius 1 is 1.22 bits per heavy atom. The van der Waals surface area contributed by atoms with Gasteiger partial charge in [-0.1, -0.05) is 13.8 Å². The molecule has 18 heavy (non-hydrogen) atoms. The van der Waals surface area contributed by atoms with E-state index in [4.69, 9.17) is 4.74 Å². The molecule has 2 atom stereocenters. The van der Waals surface area contributed by atoms with E-state index in [9.17, 15) is 4.79 Å². The molecular weight excluding hydrogens is 228 g/mol. The second-order valence-electron chi connectivity index (χ2n) is 5.51. The Hall–Kier alpha value is -0.450. The van der Waals surface area contributed by atoms with Gasteiger partial charge in [0.15, 0.2) is 0 Å². The van der Waals surface area contributed by atoms with Crippen molar-refractivity contribution >= 4 is 5.78 Å². The first-order valence-electron chi connectivity index (χ1n) is 7.31. The minimum Gasteiger partial charge on any atom is -0.378 e. The summed E-state index contributed by atoms with van der Waals surface area (Å²) in [4.78, 5) is 14.6. The first-order valence-corrected chi connectivity index (χ1v) is 7.31. The van der Waals surface area contributed by atoms with E-state index in [1.165, 1.54) is 0 Å². The van der Waals surface area contributed by atoms with Gasteiger partial charge in [-0.2, -0.15) is 0 Å². The molecule has 0 amide bonds. The highest BCUT2D eigenvalue weighted by Gasteiger charge is 2.34. The first kappa shape index (κ1) is 14.0. The van der Waals surface area contributed by atoms with Gasteiger partial charge >= 0.3 is 0 Å². The predicted molar refractivity (Wildman–Crippen MR) is 71.7 cm³/mol. The predicted octanol–water partition coefficient (Wildman–Crippen LogP) is 1.05. The summed E-state index contributed by atoms with van der Waals surface area (Å²) in [5.41, 5.74) is 0. The van der Waals surface area contributed by atoms with E-state index in [1.807, 2.05) is 0 Å². The zero-order chi connectivity index (χ0) is 13.0. The number of carbonyl (C=O) groups is 1. The molecule has 4 nitrogen and oxygen atoms in total. The van der Waals surface area contributed by atoms with Gasteiger partial charge in [-0.25, -0.2) is 0 Å². The fourth-order valence-electron chi connectivity index (χ4n) is 3.11. The molecule has 4 heteroatoms. The monoisotopic (exact) mass is 254 g/mol. The van der Waals surface area contributed by atoms with Crippen LogP contribution >= 0.6 is 0 Å². The molecule has 2 heterocycles. The van der Waals surface area contributed by atoms with Crippen molar-refractivity contribution in [3.05, 3.63) is 0 Å². The normalized spacial score (nSPS) is 31.6. The summed E-state index contributed by atoms with van der Waals surface area (Å²) >= 11 is 0. The van der Waals surface area contributed by atoms with Crippen LogP contribution in [0.25, 0.3) is 0 Å². The zero-order valence-corrected chi connectivity index (χ0v) is 11.7. The van der Waals surface area contributed by atoms with E-state index in [2.05, 4.69) is 24.1 Å². The van der Waals surface area contributed by atoms with Crippen molar-refractivity contribution in [1.29, 1.82) is 0 Å². The van der Waals surface area contributed by atoms with Crippen LogP contribution < -0.4 is 5.32 Å². The molecule has 1 N–H and O–H groups in total. The maximum atomic E-state index is 12.3. The van der Waals surface area contributed by atoms with E-state index >= 15 is 0 Å². The van der Waals surface area contributed by atoms with Gasteiger partial charge in [0.2, 0.25) is 0 Å². The summed E-state index contributed by atoms with van der Waals surface area (Å²) in [5, 5.41) is 3.54. The van der Waals surface area contributed by atoms with Gasteiger partial charge in [0.1, 0.15) is 5.78 Å². The number of nitrogens with one attached hydrogen (secondary N) is 1. The molecule has 104 valence electrons. The first-order chi connectivity index (χ1) is 8.72. The molecule has 2 saturated heterocycles. The van der Waals surface area contributed by atoms with Crippen molar-refractivity contribution in [3.8, 4) is 0 Å². The van der Waals surface area contributed by atoms with E-state index in [-0.39, 0.29) is 5.92 Å². The average Bonchev–Trinajstić information content (AvgIpc) is 2.39. The SMILES string of the molecule is CCN(CC)CCC(=O)C1CC2COCC(C1)N2. The highest BCUT2D eigenvalue weighted by Crippen LogP contribution is 2.25. The fourth-order valence-corrected chi connectivity index (χ4v) is 3.11. The lowest BCUT2D eigenvalue weighted by atomic mass is 9.83. The quantitative estimate of drug-likeness (QED) is 0.769. The number of ether oxygens (including phenoxy) is 1. The Bertz CT molecular complexity index is 267. The third-order valence-corrected chi connectivity index (χ3v) is 4.27. The highest BCUT2D eigenvalue weighted by atomic mass is 16.5. The largest absolute Gasteiger partial charge is 0.378 e. The third kappa shape index (κ3) is 3.53. The van der Waals surface area contributed by atoms with Gasteiger partial charge in [0.05, 0.1) is 13.2 Å². The maximum Gasteiger partial charge on any atom is 0.137 e. The second-order valence-corrected chi connectivity index (χ2v) is 5.51. The van der Waals surface area contributed by atoms with Crippen LogP contribution in [-0.4, -0.2) is 55.6 Å². The minimum absolute atomic E-state index is 0.265. The van der Waals surface area contributed by atoms with Gasteiger partial charge in [-0.05, 0) is 25.9 Å². The molecule has 2 fully saturated rings. The van der Waals surface area contributed by atoms with Crippen LogP contribution in [0.5, 0.6) is 0 Å². The molecule has 0 spiro atoms. The molecule has 0 aromatic rings. The van der Waals surface area contributed by atoms with Crippen molar-refractivity contribution < 1.29 is 9.53 Å². The van der Waals surface area contributed by atoms with Gasteiger partial charge in [-0.3, -0.25) is 4.79 Å². The van der Waals surface area contributed by atoms with E-state index in [0.29, 0.717) is 24.3 Å². The summed E-state index contributed by atoms with van der Waals surface area (Å²) < 4.78 is 5.52. The number of Topliss-reactive ketones (excluding diaryl/α,β-unsaturated/α-hetero) is 1. The van der Waals surface area contributed by atoms with Crippen molar-refractivity contribution in [2.75, 3.05) is 32.8 Å². The van der Waals surface area contributed by atoms with Gasteiger partial charge in [-0.15, -0.1) is 0 Å². The molecule has 0 saturated carbocycles. The Balaban J connectivity index is 1.78. The zero-order valence-electron chi connectivity index (χ0n) is 11.7. The van der Waals surface area contributed by atoms with E-state index in [1.54, 1.807) is 0 Å². The number of morpholine rings is 1. The summed E-state index contributed by atoms with van der Waals surface area (Å²) in [6.45, 7) is 8.85. The van der Waals surface area contributed by atoms with E-state index in [0.717, 1.165) is 45.7 Å². The Morgan fingerprint density at radius 2 is 1.83 bits per heavy atom. The summed E-state index contributed by atoms with van der Waals surface area (Å²) in [6, 6.07) is 0.805. The average molecular weight is 254 g/mol. The molecule has 0 aromatic heterocycles. The Kier molecular flexibility index (Phi) is 5.15. The van der Waals surface area contributed by atoms with Crippen LogP contribution in [0.1, 0.15) is 33.1 Å². The molecule has 2 rings (SSSR count). The van der Waals surface area contributed by atoms with Crippen molar-refractivity contribution in [1.82, 2.24) is 10.2 Å². The Labute approximate surface area is 110 Å².